The molecule has 0 bridgehead atoms. The second-order valence-corrected chi connectivity index (χ2v) is 13.1. The predicted molar refractivity (Wildman–Crippen MR) is 127 cm³/mol. The average molecular weight is 504 g/mol. The summed E-state index contributed by atoms with van der Waals surface area (Å²) < 4.78 is 59.4. The molecule has 1 N–H and O–H groups in total. The molecule has 3 aliphatic rings. The van der Waals surface area contributed by atoms with Gasteiger partial charge in [0.2, 0.25) is 4.20 Å². The van der Waals surface area contributed by atoms with E-state index in [0.717, 1.165) is 23.7 Å². The van der Waals surface area contributed by atoms with Gasteiger partial charge in [0.25, 0.3) is 0 Å². The highest BCUT2D eigenvalue weighted by Crippen LogP contribution is 2.43. The molecule has 31 heavy (non-hydrogen) atoms. The van der Waals surface area contributed by atoms with E-state index in [1.54, 1.807) is 38.5 Å². The van der Waals surface area contributed by atoms with Gasteiger partial charge in [-0.1, -0.05) is 57.2 Å². The summed E-state index contributed by atoms with van der Waals surface area (Å²) in [6.45, 7) is 2.33. The zero-order chi connectivity index (χ0) is 22.9. The highest BCUT2D eigenvalue weighted by Gasteiger charge is 2.44. The maximum absolute atomic E-state index is 10.7. The molecule has 0 spiro atoms. The van der Waals surface area contributed by atoms with E-state index in [9.17, 15) is 13.2 Å². The summed E-state index contributed by atoms with van der Waals surface area (Å²) in [6.07, 6.45) is 19.6. The Morgan fingerprint density at radius 1 is 1.00 bits per heavy atom. The van der Waals surface area contributed by atoms with Crippen LogP contribution in [0.3, 0.4) is 0 Å². The summed E-state index contributed by atoms with van der Waals surface area (Å²) in [4.78, 5) is 0. The number of unbranched alkanes of at least 4 members (excludes halogenated alkanes) is 2. The van der Waals surface area contributed by atoms with Crippen molar-refractivity contribution in [3.05, 3.63) is 0 Å². The molecule has 2 saturated carbocycles. The Bertz CT molecular complexity index is 649. The molecule has 1 aliphatic heterocycles. The molecule has 2 fully saturated rings. The van der Waals surface area contributed by atoms with Crippen LogP contribution in [0.15, 0.2) is 0 Å². The highest BCUT2D eigenvalue weighted by atomic mass is 32.2. The molecule has 0 aromatic rings. The second kappa shape index (κ2) is 13.1. The van der Waals surface area contributed by atoms with Crippen LogP contribution < -0.4 is 0 Å². The summed E-state index contributed by atoms with van der Waals surface area (Å²) in [6, 6.07) is 0. The topological polar surface area (TPSA) is 54.4 Å². The van der Waals surface area contributed by atoms with Crippen molar-refractivity contribution >= 4 is 37.4 Å². The van der Waals surface area contributed by atoms with Crippen molar-refractivity contribution in [2.24, 2.45) is 23.7 Å². The molecule has 0 atom stereocenters. The van der Waals surface area contributed by atoms with Gasteiger partial charge in [-0.2, -0.15) is 21.6 Å². The molecule has 0 amide bonds. The standard InChI is InChI=1S/C21H37S2.CHF3O3S/c1-2-3-4-6-17-7-9-18(10-8-17)19-11-13-20(14-12-19)21-22-15-5-16-23-21;2-1(3,4)8(5,6)7/h17-20H,2-16H2,1H3;(H,5,6,7)/q+1;. The lowest BCUT2D eigenvalue weighted by Gasteiger charge is -2.37. The van der Waals surface area contributed by atoms with Crippen molar-refractivity contribution in [1.82, 2.24) is 0 Å². The molecule has 0 radical (unpaired) electrons. The number of alkyl halides is 3. The largest absolute Gasteiger partial charge is 0.522 e. The number of thioether (sulfide) groups is 1. The summed E-state index contributed by atoms with van der Waals surface area (Å²) in [5.74, 6) is 7.01. The first-order valence-electron chi connectivity index (χ1n) is 11.8. The average Bonchev–Trinajstić information content (AvgIpc) is 2.74. The maximum Gasteiger partial charge on any atom is 0.522 e. The summed E-state index contributed by atoms with van der Waals surface area (Å²) in [7, 11) is -5.84. The zero-order valence-corrected chi connectivity index (χ0v) is 21.0. The van der Waals surface area contributed by atoms with Crippen molar-refractivity contribution < 1.29 is 26.1 Å². The number of halogens is 3. The second-order valence-electron chi connectivity index (χ2n) is 9.18. The first-order valence-corrected chi connectivity index (χ1v) is 15.2. The van der Waals surface area contributed by atoms with Crippen LogP contribution in [0.4, 0.5) is 13.2 Å². The van der Waals surface area contributed by atoms with Crippen LogP contribution in [-0.4, -0.2) is 34.2 Å². The van der Waals surface area contributed by atoms with Crippen LogP contribution in [0.2, 0.25) is 0 Å². The van der Waals surface area contributed by atoms with Crippen molar-refractivity contribution in [2.75, 3.05) is 11.5 Å². The summed E-state index contributed by atoms with van der Waals surface area (Å²) >= 11 is 4.39. The first-order chi connectivity index (χ1) is 14.6. The lowest BCUT2D eigenvalue weighted by Crippen LogP contribution is -2.28. The highest BCUT2D eigenvalue weighted by molar-refractivity contribution is 8.23. The Morgan fingerprint density at radius 2 is 1.55 bits per heavy atom. The van der Waals surface area contributed by atoms with E-state index in [2.05, 4.69) is 30.0 Å². The molecule has 0 aromatic heterocycles. The monoisotopic (exact) mass is 503 g/mol. The normalized spacial score (nSPS) is 30.2. The van der Waals surface area contributed by atoms with E-state index in [0.29, 0.717) is 0 Å². The smallest absolute Gasteiger partial charge is 0.279 e. The SMILES string of the molecule is CCCCCC1CCC(C2CCC(C3=[S+]CCCS3)CC2)CC1.O=S(=O)(O)C(F)(F)F. The third kappa shape index (κ3) is 9.49. The van der Waals surface area contributed by atoms with Crippen molar-refractivity contribution in [1.29, 1.82) is 0 Å². The third-order valence-corrected chi connectivity index (χ3v) is 10.5. The minimum Gasteiger partial charge on any atom is -0.279 e. The number of hydrogen-bond donors (Lipinski definition) is 1. The minimum absolute atomic E-state index is 0.965. The number of rotatable bonds is 6. The summed E-state index contributed by atoms with van der Waals surface area (Å²) in [5, 5.41) is 0. The van der Waals surface area contributed by atoms with E-state index in [1.807, 2.05) is 4.20 Å². The van der Waals surface area contributed by atoms with Gasteiger partial charge in [-0.3, -0.25) is 4.55 Å². The van der Waals surface area contributed by atoms with Gasteiger partial charge in [0.15, 0.2) is 17.1 Å². The molecule has 3 rings (SSSR count). The van der Waals surface area contributed by atoms with Gasteiger partial charge in [0.1, 0.15) is 0 Å². The van der Waals surface area contributed by atoms with Gasteiger partial charge in [-0.15, -0.1) is 0 Å². The van der Waals surface area contributed by atoms with E-state index in [-0.39, 0.29) is 0 Å². The van der Waals surface area contributed by atoms with E-state index >= 15 is 0 Å². The molecule has 0 unspecified atom stereocenters. The molecule has 182 valence electrons. The Kier molecular flexibility index (Phi) is 11.6. The van der Waals surface area contributed by atoms with Crippen molar-refractivity contribution in [3.63, 3.8) is 0 Å². The predicted octanol–water partition coefficient (Wildman–Crippen LogP) is 6.92. The van der Waals surface area contributed by atoms with Gasteiger partial charge in [0.05, 0.1) is 0 Å². The van der Waals surface area contributed by atoms with Crippen molar-refractivity contribution in [3.8, 4) is 0 Å². The van der Waals surface area contributed by atoms with E-state index in [4.69, 9.17) is 13.0 Å². The summed E-state index contributed by atoms with van der Waals surface area (Å²) in [5.41, 5.74) is -5.53. The van der Waals surface area contributed by atoms with Gasteiger partial charge in [-0.05, 0) is 56.3 Å². The fourth-order valence-electron chi connectivity index (χ4n) is 5.14. The van der Waals surface area contributed by atoms with Gasteiger partial charge >= 0.3 is 15.6 Å². The lowest BCUT2D eigenvalue weighted by molar-refractivity contribution is -0.0510. The van der Waals surface area contributed by atoms with Crippen LogP contribution in [0.25, 0.3) is 0 Å². The van der Waals surface area contributed by atoms with Crippen LogP contribution in [0.5, 0.6) is 0 Å². The molecule has 1 heterocycles. The van der Waals surface area contributed by atoms with E-state index < -0.39 is 15.6 Å². The maximum atomic E-state index is 10.7. The quantitative estimate of drug-likeness (QED) is 0.140. The molecule has 9 heteroatoms. The molecule has 2 aliphatic carbocycles. The lowest BCUT2D eigenvalue weighted by atomic mass is 9.69. The molecule has 0 saturated heterocycles. The third-order valence-electron chi connectivity index (χ3n) is 6.95. The first kappa shape index (κ1) is 27.4. The zero-order valence-electron chi connectivity index (χ0n) is 18.5. The van der Waals surface area contributed by atoms with Crippen molar-refractivity contribution in [2.45, 2.75) is 95.9 Å². The number of hydrogen-bond acceptors (Lipinski definition) is 3. The Labute approximate surface area is 194 Å². The molecular weight excluding hydrogens is 465 g/mol. The molecule has 3 nitrogen and oxygen atoms in total. The molecular formula is C22H38F3O3S3+. The van der Waals surface area contributed by atoms with Crippen LogP contribution in [-0.2, 0) is 21.5 Å². The van der Waals surface area contributed by atoms with Gasteiger partial charge in [0, 0.05) is 18.1 Å². The Morgan fingerprint density at radius 3 is 2.00 bits per heavy atom. The fourth-order valence-corrected chi connectivity index (χ4v) is 8.08. The Balaban J connectivity index is 0.000000366. The van der Waals surface area contributed by atoms with Gasteiger partial charge < -0.3 is 0 Å². The fraction of sp³-hybridized carbons (Fsp3) is 0.955. The molecule has 0 aromatic carbocycles. The Hall–Kier alpha value is 0.140. The van der Waals surface area contributed by atoms with E-state index in [1.165, 1.54) is 56.5 Å². The van der Waals surface area contributed by atoms with Gasteiger partial charge in [-0.25, -0.2) is 0 Å². The van der Waals surface area contributed by atoms with Crippen LogP contribution in [0, 0.1) is 23.7 Å². The van der Waals surface area contributed by atoms with Crippen LogP contribution in [0.1, 0.15) is 90.4 Å². The van der Waals surface area contributed by atoms with Crippen LogP contribution >= 0.6 is 11.8 Å². The minimum atomic E-state index is -5.84.